The summed E-state index contributed by atoms with van der Waals surface area (Å²) >= 11 is 0. The molecule has 1 aliphatic rings. The van der Waals surface area contributed by atoms with Gasteiger partial charge in [0.15, 0.2) is 0 Å². The molecule has 0 spiro atoms. The number of nitrogens with zero attached hydrogens (tertiary/aromatic N) is 2. The Balaban J connectivity index is 1.88. The first-order valence-corrected chi connectivity index (χ1v) is 12.2. The SMILES string of the molecule is COc1ccc(C(=O)N(Cc2cc(NC(=O)CC(C)(C)C)ccc2N(C)C)CC2CCCO2)cc1. The average Bonchev–Trinajstić information content (AvgIpc) is 3.30. The molecule has 7 nitrogen and oxygen atoms in total. The second-order valence-corrected chi connectivity index (χ2v) is 10.6. The Morgan fingerprint density at radius 3 is 2.40 bits per heavy atom. The molecule has 1 saturated heterocycles. The van der Waals surface area contributed by atoms with Crippen molar-refractivity contribution in [3.05, 3.63) is 53.6 Å². The Morgan fingerprint density at radius 1 is 1.11 bits per heavy atom. The first kappa shape index (κ1) is 26.5. The summed E-state index contributed by atoms with van der Waals surface area (Å²) in [6.07, 6.45) is 2.40. The maximum Gasteiger partial charge on any atom is 0.254 e. The maximum absolute atomic E-state index is 13.6. The van der Waals surface area contributed by atoms with Gasteiger partial charge < -0.3 is 24.6 Å². The molecule has 1 N–H and O–H groups in total. The highest BCUT2D eigenvalue weighted by Crippen LogP contribution is 2.27. The fraction of sp³-hybridized carbons (Fsp3) is 0.500. The van der Waals surface area contributed by atoms with E-state index in [-0.39, 0.29) is 23.3 Å². The van der Waals surface area contributed by atoms with Crippen LogP contribution >= 0.6 is 0 Å². The van der Waals surface area contributed by atoms with Crippen LogP contribution in [0.4, 0.5) is 11.4 Å². The van der Waals surface area contributed by atoms with Crippen molar-refractivity contribution < 1.29 is 19.1 Å². The van der Waals surface area contributed by atoms with Gasteiger partial charge in [-0.1, -0.05) is 20.8 Å². The molecule has 1 unspecified atom stereocenters. The molecule has 1 aliphatic heterocycles. The van der Waals surface area contributed by atoms with Crippen molar-refractivity contribution in [1.29, 1.82) is 0 Å². The van der Waals surface area contributed by atoms with E-state index in [4.69, 9.17) is 9.47 Å². The van der Waals surface area contributed by atoms with Gasteiger partial charge in [-0.25, -0.2) is 0 Å². The molecule has 1 atom stereocenters. The van der Waals surface area contributed by atoms with E-state index in [2.05, 4.69) is 5.32 Å². The summed E-state index contributed by atoms with van der Waals surface area (Å²) in [5.41, 5.74) is 3.19. The topological polar surface area (TPSA) is 71.1 Å². The van der Waals surface area contributed by atoms with Gasteiger partial charge in [0.25, 0.3) is 5.91 Å². The normalized spacial score (nSPS) is 15.5. The van der Waals surface area contributed by atoms with Crippen molar-refractivity contribution in [2.75, 3.05) is 44.6 Å². The summed E-state index contributed by atoms with van der Waals surface area (Å²) in [5, 5.41) is 3.03. The number of ether oxygens (including phenoxy) is 2. The van der Waals surface area contributed by atoms with E-state index in [0.29, 0.717) is 30.8 Å². The molecule has 35 heavy (non-hydrogen) atoms. The second-order valence-electron chi connectivity index (χ2n) is 10.6. The third kappa shape index (κ3) is 7.72. The van der Waals surface area contributed by atoms with Gasteiger partial charge in [-0.05, 0) is 66.3 Å². The zero-order valence-electron chi connectivity index (χ0n) is 21.9. The molecule has 0 bridgehead atoms. The van der Waals surface area contributed by atoms with Crippen LogP contribution in [-0.4, -0.2) is 57.2 Å². The lowest BCUT2D eigenvalue weighted by Gasteiger charge is -2.28. The number of methoxy groups -OCH3 is 1. The van der Waals surface area contributed by atoms with Gasteiger partial charge in [0, 0.05) is 57.2 Å². The van der Waals surface area contributed by atoms with Crippen molar-refractivity contribution in [2.24, 2.45) is 5.41 Å². The smallest absolute Gasteiger partial charge is 0.254 e. The van der Waals surface area contributed by atoms with Crippen LogP contribution in [0, 0.1) is 5.41 Å². The van der Waals surface area contributed by atoms with Crippen LogP contribution in [0.5, 0.6) is 5.75 Å². The monoisotopic (exact) mass is 481 g/mol. The van der Waals surface area contributed by atoms with Gasteiger partial charge >= 0.3 is 0 Å². The van der Waals surface area contributed by atoms with E-state index >= 15 is 0 Å². The Morgan fingerprint density at radius 2 is 1.83 bits per heavy atom. The van der Waals surface area contributed by atoms with E-state index in [1.807, 2.05) is 62.9 Å². The summed E-state index contributed by atoms with van der Waals surface area (Å²) in [6, 6.07) is 13.1. The Hall–Kier alpha value is -3.06. The number of nitrogens with one attached hydrogen (secondary N) is 1. The number of rotatable bonds is 9. The van der Waals surface area contributed by atoms with Crippen molar-refractivity contribution in [3.8, 4) is 5.75 Å². The van der Waals surface area contributed by atoms with Gasteiger partial charge in [0.05, 0.1) is 13.2 Å². The molecular weight excluding hydrogens is 442 g/mol. The number of hydrogen-bond donors (Lipinski definition) is 1. The molecule has 2 amide bonds. The van der Waals surface area contributed by atoms with Crippen LogP contribution in [0.15, 0.2) is 42.5 Å². The van der Waals surface area contributed by atoms with Crippen LogP contribution in [0.1, 0.15) is 56.0 Å². The molecule has 3 rings (SSSR count). The number of benzene rings is 2. The fourth-order valence-corrected chi connectivity index (χ4v) is 4.29. The van der Waals surface area contributed by atoms with Gasteiger partial charge in [0.1, 0.15) is 5.75 Å². The van der Waals surface area contributed by atoms with Crippen LogP contribution < -0.4 is 15.0 Å². The largest absolute Gasteiger partial charge is 0.497 e. The minimum Gasteiger partial charge on any atom is -0.497 e. The summed E-state index contributed by atoms with van der Waals surface area (Å²) in [4.78, 5) is 30.0. The summed E-state index contributed by atoms with van der Waals surface area (Å²) < 4.78 is 11.1. The first-order chi connectivity index (χ1) is 16.6. The van der Waals surface area contributed by atoms with Crippen LogP contribution in [-0.2, 0) is 16.1 Å². The minimum absolute atomic E-state index is 0.0217. The molecule has 1 heterocycles. The second kappa shape index (κ2) is 11.6. The molecule has 0 aromatic heterocycles. The fourth-order valence-electron chi connectivity index (χ4n) is 4.29. The van der Waals surface area contributed by atoms with E-state index in [0.717, 1.165) is 36.4 Å². The predicted molar refractivity (Wildman–Crippen MR) is 140 cm³/mol. The molecule has 0 radical (unpaired) electrons. The zero-order chi connectivity index (χ0) is 25.6. The first-order valence-electron chi connectivity index (χ1n) is 12.2. The Kier molecular flexibility index (Phi) is 8.78. The third-order valence-corrected chi connectivity index (χ3v) is 5.97. The van der Waals surface area contributed by atoms with Crippen LogP contribution in [0.25, 0.3) is 0 Å². The lowest BCUT2D eigenvalue weighted by molar-refractivity contribution is -0.117. The lowest BCUT2D eigenvalue weighted by Crippen LogP contribution is -2.37. The molecule has 2 aromatic rings. The number of amides is 2. The molecule has 0 aliphatic carbocycles. The van der Waals surface area contributed by atoms with E-state index in [9.17, 15) is 9.59 Å². The van der Waals surface area contributed by atoms with Gasteiger partial charge in [0.2, 0.25) is 5.91 Å². The standard InChI is InChI=1S/C28H39N3O4/c1-28(2,3)17-26(32)29-22-11-14-25(30(4)5)21(16-22)18-31(19-24-8-7-15-35-24)27(33)20-9-12-23(34-6)13-10-20/h9-14,16,24H,7-8,15,17-19H2,1-6H3,(H,29,32). The van der Waals surface area contributed by atoms with Crippen molar-refractivity contribution in [1.82, 2.24) is 4.90 Å². The van der Waals surface area contributed by atoms with Gasteiger partial charge in [-0.3, -0.25) is 9.59 Å². The van der Waals surface area contributed by atoms with E-state index < -0.39 is 0 Å². The maximum atomic E-state index is 13.6. The molecule has 7 heteroatoms. The van der Waals surface area contributed by atoms with E-state index in [1.165, 1.54) is 0 Å². The number of hydrogen-bond acceptors (Lipinski definition) is 5. The minimum atomic E-state index is -0.0979. The predicted octanol–water partition coefficient (Wildman–Crippen LogP) is 4.96. The molecular formula is C28H39N3O4. The van der Waals surface area contributed by atoms with E-state index in [1.54, 1.807) is 31.4 Å². The highest BCUT2D eigenvalue weighted by atomic mass is 16.5. The van der Waals surface area contributed by atoms with Crippen LogP contribution in [0.2, 0.25) is 0 Å². The average molecular weight is 482 g/mol. The van der Waals surface area contributed by atoms with Crippen molar-refractivity contribution in [2.45, 2.75) is 52.7 Å². The quantitative estimate of drug-likeness (QED) is 0.548. The highest BCUT2D eigenvalue weighted by Gasteiger charge is 2.25. The summed E-state index contributed by atoms with van der Waals surface area (Å²) in [7, 11) is 5.56. The zero-order valence-corrected chi connectivity index (χ0v) is 21.9. The third-order valence-electron chi connectivity index (χ3n) is 5.97. The molecule has 0 saturated carbocycles. The van der Waals surface area contributed by atoms with Gasteiger partial charge in [-0.2, -0.15) is 0 Å². The number of anilines is 2. The lowest BCUT2D eigenvalue weighted by atomic mass is 9.92. The van der Waals surface area contributed by atoms with Crippen molar-refractivity contribution in [3.63, 3.8) is 0 Å². The summed E-state index contributed by atoms with van der Waals surface area (Å²) in [6.45, 7) is 7.77. The van der Waals surface area contributed by atoms with Gasteiger partial charge in [-0.15, -0.1) is 0 Å². The van der Waals surface area contributed by atoms with Crippen molar-refractivity contribution >= 4 is 23.2 Å². The molecule has 1 fully saturated rings. The Bertz CT molecular complexity index is 1010. The number of carbonyl (C=O) groups is 2. The molecule has 190 valence electrons. The highest BCUT2D eigenvalue weighted by molar-refractivity contribution is 5.94. The summed E-state index contributed by atoms with van der Waals surface area (Å²) in [5.74, 6) is 0.627. The number of carbonyl (C=O) groups excluding carboxylic acids is 2. The Labute approximate surface area is 209 Å². The van der Waals surface area contributed by atoms with Crippen LogP contribution in [0.3, 0.4) is 0 Å². The molecule has 2 aromatic carbocycles.